The number of amides is 1. The fraction of sp³-hybridized carbons (Fsp3) is 0.533. The second kappa shape index (κ2) is 7.50. The van der Waals surface area contributed by atoms with Crippen molar-refractivity contribution in [2.75, 3.05) is 14.2 Å². The highest BCUT2D eigenvalue weighted by Crippen LogP contribution is 2.26. The normalized spacial score (nSPS) is 21.1. The molecule has 1 amide bonds. The van der Waals surface area contributed by atoms with Crippen LogP contribution in [-0.4, -0.2) is 31.0 Å². The number of halogens is 1. The van der Waals surface area contributed by atoms with Gasteiger partial charge in [0, 0.05) is 19.6 Å². The van der Waals surface area contributed by atoms with Crippen LogP contribution in [0.15, 0.2) is 24.3 Å². The third-order valence-electron chi connectivity index (χ3n) is 3.82. The van der Waals surface area contributed by atoms with Crippen molar-refractivity contribution in [1.29, 1.82) is 0 Å². The van der Waals surface area contributed by atoms with Crippen molar-refractivity contribution < 1.29 is 9.53 Å². The lowest BCUT2D eigenvalue weighted by Crippen LogP contribution is -2.39. The van der Waals surface area contributed by atoms with Gasteiger partial charge in [0.1, 0.15) is 5.75 Å². The predicted octanol–water partition coefficient (Wildman–Crippen LogP) is 2.20. The van der Waals surface area contributed by atoms with Gasteiger partial charge in [-0.05, 0) is 30.5 Å². The second-order valence-corrected chi connectivity index (χ2v) is 5.25. The molecule has 2 rings (SSSR count). The molecule has 112 valence electrons. The van der Waals surface area contributed by atoms with Crippen molar-refractivity contribution in [1.82, 2.24) is 4.90 Å². The maximum atomic E-state index is 12.3. The number of hydrogen-bond acceptors (Lipinski definition) is 3. The Hall–Kier alpha value is -1.26. The van der Waals surface area contributed by atoms with Crippen molar-refractivity contribution in [2.45, 2.75) is 31.8 Å². The molecule has 1 saturated carbocycles. The minimum absolute atomic E-state index is 0. The van der Waals surface area contributed by atoms with Crippen LogP contribution in [0.3, 0.4) is 0 Å². The van der Waals surface area contributed by atoms with Gasteiger partial charge in [-0.1, -0.05) is 18.6 Å². The molecule has 5 heteroatoms. The fourth-order valence-electron chi connectivity index (χ4n) is 2.70. The molecule has 0 spiro atoms. The Morgan fingerprint density at radius 3 is 2.80 bits per heavy atom. The van der Waals surface area contributed by atoms with E-state index in [2.05, 4.69) is 0 Å². The third-order valence-corrected chi connectivity index (χ3v) is 3.82. The first-order valence-corrected chi connectivity index (χ1v) is 6.75. The highest BCUT2D eigenvalue weighted by atomic mass is 35.5. The molecule has 0 saturated heterocycles. The fourth-order valence-corrected chi connectivity index (χ4v) is 2.70. The number of methoxy groups -OCH3 is 1. The molecular formula is C15H23ClN2O2. The molecule has 20 heavy (non-hydrogen) atoms. The summed E-state index contributed by atoms with van der Waals surface area (Å²) in [5.74, 6) is 0.972. The first-order chi connectivity index (χ1) is 9.11. The average molecular weight is 299 g/mol. The van der Waals surface area contributed by atoms with Crippen LogP contribution >= 0.6 is 12.4 Å². The smallest absolute Gasteiger partial charge is 0.227 e. The van der Waals surface area contributed by atoms with E-state index in [4.69, 9.17) is 10.5 Å². The molecule has 1 aliphatic carbocycles. The molecule has 0 radical (unpaired) electrons. The number of carbonyl (C=O) groups is 1. The highest BCUT2D eigenvalue weighted by Gasteiger charge is 2.32. The Kier molecular flexibility index (Phi) is 6.30. The van der Waals surface area contributed by atoms with Crippen molar-refractivity contribution >= 4 is 18.3 Å². The molecular weight excluding hydrogens is 276 g/mol. The van der Waals surface area contributed by atoms with Gasteiger partial charge >= 0.3 is 0 Å². The summed E-state index contributed by atoms with van der Waals surface area (Å²) in [7, 11) is 3.48. The van der Waals surface area contributed by atoms with Gasteiger partial charge in [0.05, 0.1) is 13.0 Å². The van der Waals surface area contributed by atoms with E-state index in [0.29, 0.717) is 6.54 Å². The molecule has 1 fully saturated rings. The maximum Gasteiger partial charge on any atom is 0.227 e. The molecule has 1 aromatic rings. The molecule has 1 aromatic carbocycles. The zero-order valence-corrected chi connectivity index (χ0v) is 12.9. The summed E-state index contributed by atoms with van der Waals surface area (Å²) in [5.41, 5.74) is 7.06. The Bertz CT molecular complexity index is 453. The number of benzene rings is 1. The van der Waals surface area contributed by atoms with E-state index in [1.165, 1.54) is 0 Å². The molecule has 4 nitrogen and oxygen atoms in total. The van der Waals surface area contributed by atoms with Crippen LogP contribution in [0, 0.1) is 5.92 Å². The van der Waals surface area contributed by atoms with Gasteiger partial charge in [-0.15, -0.1) is 12.4 Å². The molecule has 2 atom stereocenters. The quantitative estimate of drug-likeness (QED) is 0.927. The summed E-state index contributed by atoms with van der Waals surface area (Å²) >= 11 is 0. The lowest BCUT2D eigenvalue weighted by Gasteiger charge is -2.23. The first kappa shape index (κ1) is 16.8. The van der Waals surface area contributed by atoms with Gasteiger partial charge in [-0.25, -0.2) is 0 Å². The van der Waals surface area contributed by atoms with E-state index < -0.39 is 0 Å². The lowest BCUT2D eigenvalue weighted by molar-refractivity contribution is -0.134. The summed E-state index contributed by atoms with van der Waals surface area (Å²) in [6.07, 6.45) is 2.94. The van der Waals surface area contributed by atoms with E-state index in [1.807, 2.05) is 31.3 Å². The Labute approximate surface area is 126 Å². The van der Waals surface area contributed by atoms with Crippen LogP contribution in [0.2, 0.25) is 0 Å². The first-order valence-electron chi connectivity index (χ1n) is 6.75. The Morgan fingerprint density at radius 1 is 1.45 bits per heavy atom. The molecule has 1 aliphatic rings. The van der Waals surface area contributed by atoms with Crippen LogP contribution in [0.5, 0.6) is 5.75 Å². The Balaban J connectivity index is 0.00000200. The summed E-state index contributed by atoms with van der Waals surface area (Å²) in [6, 6.07) is 7.82. The number of nitrogens with zero attached hydrogens (tertiary/aromatic N) is 1. The monoisotopic (exact) mass is 298 g/mol. The standard InChI is InChI=1S/C15H22N2O2.ClH/c1-17(15(18)13-7-4-8-14(13)16)10-11-5-3-6-12(9-11)19-2;/h3,5-6,9,13-14H,4,7-8,10,16H2,1-2H3;1H. The molecule has 0 bridgehead atoms. The van der Waals surface area contributed by atoms with Crippen molar-refractivity contribution in [2.24, 2.45) is 11.7 Å². The number of ether oxygens (including phenoxy) is 1. The van der Waals surface area contributed by atoms with Crippen molar-refractivity contribution in [3.8, 4) is 5.75 Å². The molecule has 2 unspecified atom stereocenters. The summed E-state index contributed by atoms with van der Waals surface area (Å²) in [4.78, 5) is 14.1. The van der Waals surface area contributed by atoms with Crippen LogP contribution in [-0.2, 0) is 11.3 Å². The van der Waals surface area contributed by atoms with Gasteiger partial charge in [0.15, 0.2) is 0 Å². The molecule has 2 N–H and O–H groups in total. The molecule has 0 heterocycles. The number of nitrogens with two attached hydrogens (primary N) is 1. The van der Waals surface area contributed by atoms with Gasteiger partial charge in [-0.3, -0.25) is 4.79 Å². The minimum Gasteiger partial charge on any atom is -0.497 e. The van der Waals surface area contributed by atoms with Crippen LogP contribution in [0.4, 0.5) is 0 Å². The van der Waals surface area contributed by atoms with Crippen LogP contribution < -0.4 is 10.5 Å². The lowest BCUT2D eigenvalue weighted by atomic mass is 10.0. The van der Waals surface area contributed by atoms with Crippen LogP contribution in [0.25, 0.3) is 0 Å². The predicted molar refractivity (Wildman–Crippen MR) is 82.0 cm³/mol. The van der Waals surface area contributed by atoms with Gasteiger partial charge < -0.3 is 15.4 Å². The van der Waals surface area contributed by atoms with Gasteiger partial charge in [-0.2, -0.15) is 0 Å². The van der Waals surface area contributed by atoms with E-state index in [0.717, 1.165) is 30.6 Å². The number of hydrogen-bond donors (Lipinski definition) is 1. The summed E-state index contributed by atoms with van der Waals surface area (Å²) in [6.45, 7) is 0.596. The second-order valence-electron chi connectivity index (χ2n) is 5.25. The summed E-state index contributed by atoms with van der Waals surface area (Å²) in [5, 5.41) is 0. The van der Waals surface area contributed by atoms with E-state index in [1.54, 1.807) is 12.0 Å². The van der Waals surface area contributed by atoms with Crippen molar-refractivity contribution in [3.63, 3.8) is 0 Å². The highest BCUT2D eigenvalue weighted by molar-refractivity contribution is 5.85. The van der Waals surface area contributed by atoms with E-state index in [-0.39, 0.29) is 30.3 Å². The largest absolute Gasteiger partial charge is 0.497 e. The molecule has 0 aliphatic heterocycles. The van der Waals surface area contributed by atoms with Gasteiger partial charge in [0.25, 0.3) is 0 Å². The zero-order valence-electron chi connectivity index (χ0n) is 12.0. The van der Waals surface area contributed by atoms with Gasteiger partial charge in [0.2, 0.25) is 5.91 Å². The number of carbonyl (C=O) groups excluding carboxylic acids is 1. The van der Waals surface area contributed by atoms with E-state index in [9.17, 15) is 4.79 Å². The Morgan fingerprint density at radius 2 is 2.20 bits per heavy atom. The number of rotatable bonds is 4. The minimum atomic E-state index is -0.00407. The topological polar surface area (TPSA) is 55.6 Å². The van der Waals surface area contributed by atoms with E-state index >= 15 is 0 Å². The van der Waals surface area contributed by atoms with Crippen molar-refractivity contribution in [3.05, 3.63) is 29.8 Å². The maximum absolute atomic E-state index is 12.3. The zero-order chi connectivity index (χ0) is 13.8. The SMILES string of the molecule is COc1cccc(CN(C)C(=O)C2CCCC2N)c1.Cl. The molecule has 0 aromatic heterocycles. The summed E-state index contributed by atoms with van der Waals surface area (Å²) < 4.78 is 5.19. The average Bonchev–Trinajstić information content (AvgIpc) is 2.84. The third kappa shape index (κ3) is 3.87. The van der Waals surface area contributed by atoms with Crippen LogP contribution in [0.1, 0.15) is 24.8 Å².